The van der Waals surface area contributed by atoms with Crippen LogP contribution in [0.5, 0.6) is 5.75 Å². The van der Waals surface area contributed by atoms with E-state index >= 15 is 0 Å². The van der Waals surface area contributed by atoms with Crippen molar-refractivity contribution in [2.75, 3.05) is 7.11 Å². The molecular formula is C19H22N2O. The van der Waals surface area contributed by atoms with E-state index in [0.717, 1.165) is 22.6 Å². The average molecular weight is 294 g/mol. The Kier molecular flexibility index (Phi) is 5.57. The summed E-state index contributed by atoms with van der Waals surface area (Å²) >= 11 is 0. The van der Waals surface area contributed by atoms with Crippen LogP contribution in [0, 0.1) is 26.2 Å². The Morgan fingerprint density at radius 3 is 2.64 bits per heavy atom. The van der Waals surface area contributed by atoms with Gasteiger partial charge in [-0.2, -0.15) is 0 Å². The number of pyridine rings is 1. The zero-order valence-corrected chi connectivity index (χ0v) is 13.4. The first-order valence-electron chi connectivity index (χ1n) is 7.38. The highest BCUT2D eigenvalue weighted by atomic mass is 16.5. The Morgan fingerprint density at radius 2 is 2.00 bits per heavy atom. The molecule has 2 aromatic rings. The molecular weight excluding hydrogens is 272 g/mol. The topological polar surface area (TPSA) is 34.2 Å². The van der Waals surface area contributed by atoms with E-state index in [-0.39, 0.29) is 6.04 Å². The fourth-order valence-corrected chi connectivity index (χ4v) is 2.58. The molecule has 0 fully saturated rings. The number of aromatic nitrogens is 1. The molecule has 0 radical (unpaired) electrons. The SMILES string of the molecule is C#CC[C@H](NCc1ncc(C)c(OC)c1C)c1ccccc1. The lowest BCUT2D eigenvalue weighted by molar-refractivity contribution is 0.406. The second-order valence-electron chi connectivity index (χ2n) is 5.30. The number of methoxy groups -OCH3 is 1. The number of ether oxygens (including phenoxy) is 1. The van der Waals surface area contributed by atoms with Crippen molar-refractivity contribution in [3.63, 3.8) is 0 Å². The molecule has 0 saturated heterocycles. The van der Waals surface area contributed by atoms with Crippen molar-refractivity contribution < 1.29 is 4.74 Å². The van der Waals surface area contributed by atoms with Gasteiger partial charge in [0, 0.05) is 36.3 Å². The maximum Gasteiger partial charge on any atom is 0.128 e. The molecule has 1 aromatic heterocycles. The third kappa shape index (κ3) is 3.66. The van der Waals surface area contributed by atoms with Gasteiger partial charge in [-0.15, -0.1) is 12.3 Å². The second kappa shape index (κ2) is 7.63. The lowest BCUT2D eigenvalue weighted by Crippen LogP contribution is -2.22. The van der Waals surface area contributed by atoms with Crippen molar-refractivity contribution in [2.45, 2.75) is 32.9 Å². The van der Waals surface area contributed by atoms with E-state index in [0.29, 0.717) is 13.0 Å². The number of benzene rings is 1. The van der Waals surface area contributed by atoms with Gasteiger partial charge in [-0.05, 0) is 19.4 Å². The highest BCUT2D eigenvalue weighted by Crippen LogP contribution is 2.24. The van der Waals surface area contributed by atoms with Crippen molar-refractivity contribution >= 4 is 0 Å². The summed E-state index contributed by atoms with van der Waals surface area (Å²) in [7, 11) is 1.69. The van der Waals surface area contributed by atoms with E-state index in [9.17, 15) is 0 Å². The minimum absolute atomic E-state index is 0.125. The molecule has 0 unspecified atom stereocenters. The monoisotopic (exact) mass is 294 g/mol. The van der Waals surface area contributed by atoms with Crippen LogP contribution in [0.1, 0.15) is 34.8 Å². The standard InChI is InChI=1S/C19H22N2O/c1-5-9-17(16-10-7-6-8-11-16)21-13-18-15(3)19(22-4)14(2)12-20-18/h1,6-8,10-12,17,21H,9,13H2,2-4H3/t17-/m0/s1. The summed E-state index contributed by atoms with van der Waals surface area (Å²) < 4.78 is 5.46. The van der Waals surface area contributed by atoms with Crippen molar-refractivity contribution in [1.29, 1.82) is 0 Å². The molecule has 0 saturated carbocycles. The van der Waals surface area contributed by atoms with Crippen LogP contribution in [0.25, 0.3) is 0 Å². The van der Waals surface area contributed by atoms with Gasteiger partial charge in [0.05, 0.1) is 12.8 Å². The molecule has 1 N–H and O–H groups in total. The van der Waals surface area contributed by atoms with Crippen LogP contribution in [0.2, 0.25) is 0 Å². The van der Waals surface area contributed by atoms with Crippen molar-refractivity contribution in [1.82, 2.24) is 10.3 Å². The molecule has 0 aliphatic heterocycles. The van der Waals surface area contributed by atoms with Gasteiger partial charge in [-0.1, -0.05) is 30.3 Å². The predicted molar refractivity (Wildman–Crippen MR) is 89.7 cm³/mol. The van der Waals surface area contributed by atoms with Gasteiger partial charge in [-0.3, -0.25) is 4.98 Å². The van der Waals surface area contributed by atoms with Gasteiger partial charge in [0.25, 0.3) is 0 Å². The molecule has 1 aromatic carbocycles. The normalized spacial score (nSPS) is 11.7. The lowest BCUT2D eigenvalue weighted by Gasteiger charge is -2.18. The Balaban J connectivity index is 2.15. The molecule has 0 amide bonds. The highest BCUT2D eigenvalue weighted by molar-refractivity contribution is 5.41. The Labute approximate surface area is 132 Å². The zero-order chi connectivity index (χ0) is 15.9. The number of hydrogen-bond donors (Lipinski definition) is 1. The largest absolute Gasteiger partial charge is 0.496 e. The van der Waals surface area contributed by atoms with Crippen LogP contribution >= 0.6 is 0 Å². The van der Waals surface area contributed by atoms with E-state index in [1.807, 2.05) is 38.2 Å². The number of terminal acetylenes is 1. The first kappa shape index (κ1) is 16.1. The Morgan fingerprint density at radius 1 is 1.27 bits per heavy atom. The summed E-state index contributed by atoms with van der Waals surface area (Å²) in [6.45, 7) is 4.69. The molecule has 1 atom stereocenters. The predicted octanol–water partition coefficient (Wildman–Crippen LogP) is 3.56. The second-order valence-corrected chi connectivity index (χ2v) is 5.30. The summed E-state index contributed by atoms with van der Waals surface area (Å²) in [4.78, 5) is 4.52. The number of aryl methyl sites for hydroxylation is 1. The van der Waals surface area contributed by atoms with Crippen molar-refractivity contribution in [3.8, 4) is 18.1 Å². The summed E-state index contributed by atoms with van der Waals surface area (Å²) in [5.41, 5.74) is 4.30. The molecule has 2 rings (SSSR count). The van der Waals surface area contributed by atoms with E-state index in [2.05, 4.69) is 28.4 Å². The molecule has 22 heavy (non-hydrogen) atoms. The Hall–Kier alpha value is -2.31. The van der Waals surface area contributed by atoms with Gasteiger partial charge in [-0.25, -0.2) is 0 Å². The average Bonchev–Trinajstić information content (AvgIpc) is 2.54. The fourth-order valence-electron chi connectivity index (χ4n) is 2.58. The molecule has 0 spiro atoms. The van der Waals surface area contributed by atoms with Crippen molar-refractivity contribution in [3.05, 3.63) is 58.9 Å². The van der Waals surface area contributed by atoms with Crippen LogP contribution in [0.3, 0.4) is 0 Å². The first-order valence-corrected chi connectivity index (χ1v) is 7.38. The van der Waals surface area contributed by atoms with E-state index in [4.69, 9.17) is 11.2 Å². The summed E-state index contributed by atoms with van der Waals surface area (Å²) in [5, 5.41) is 3.50. The quantitative estimate of drug-likeness (QED) is 0.827. The number of nitrogens with zero attached hydrogens (tertiary/aromatic N) is 1. The zero-order valence-electron chi connectivity index (χ0n) is 13.4. The summed E-state index contributed by atoms with van der Waals surface area (Å²) in [6, 6.07) is 10.4. The molecule has 114 valence electrons. The minimum Gasteiger partial charge on any atom is -0.496 e. The van der Waals surface area contributed by atoms with Gasteiger partial charge in [0.1, 0.15) is 5.75 Å². The van der Waals surface area contributed by atoms with E-state index < -0.39 is 0 Å². The summed E-state index contributed by atoms with van der Waals surface area (Å²) in [6.07, 6.45) is 8.00. The lowest BCUT2D eigenvalue weighted by atomic mass is 10.0. The third-order valence-corrected chi connectivity index (χ3v) is 3.79. The maximum atomic E-state index is 5.51. The van der Waals surface area contributed by atoms with E-state index in [1.54, 1.807) is 7.11 Å². The highest BCUT2D eigenvalue weighted by Gasteiger charge is 2.13. The van der Waals surface area contributed by atoms with Gasteiger partial charge in [0.2, 0.25) is 0 Å². The van der Waals surface area contributed by atoms with Crippen LogP contribution in [0.4, 0.5) is 0 Å². The van der Waals surface area contributed by atoms with E-state index in [1.165, 1.54) is 5.56 Å². The van der Waals surface area contributed by atoms with Crippen LogP contribution in [-0.4, -0.2) is 12.1 Å². The van der Waals surface area contributed by atoms with Gasteiger partial charge < -0.3 is 10.1 Å². The smallest absolute Gasteiger partial charge is 0.128 e. The fraction of sp³-hybridized carbons (Fsp3) is 0.316. The van der Waals surface area contributed by atoms with Gasteiger partial charge >= 0.3 is 0 Å². The number of nitrogens with one attached hydrogen (secondary N) is 1. The Bertz CT molecular complexity index is 659. The summed E-state index contributed by atoms with van der Waals surface area (Å²) in [5.74, 6) is 3.64. The number of rotatable bonds is 6. The van der Waals surface area contributed by atoms with Crippen LogP contribution in [-0.2, 0) is 6.54 Å². The van der Waals surface area contributed by atoms with Crippen LogP contribution in [0.15, 0.2) is 36.5 Å². The molecule has 1 heterocycles. The maximum absolute atomic E-state index is 5.51. The molecule has 3 heteroatoms. The molecule has 0 aliphatic rings. The molecule has 0 bridgehead atoms. The van der Waals surface area contributed by atoms with Crippen LogP contribution < -0.4 is 10.1 Å². The minimum atomic E-state index is 0.125. The molecule has 0 aliphatic carbocycles. The number of hydrogen-bond acceptors (Lipinski definition) is 3. The van der Waals surface area contributed by atoms with Crippen molar-refractivity contribution in [2.24, 2.45) is 0 Å². The third-order valence-electron chi connectivity index (χ3n) is 3.79. The first-order chi connectivity index (χ1) is 10.7. The van der Waals surface area contributed by atoms with Gasteiger partial charge in [0.15, 0.2) is 0 Å². The molecule has 3 nitrogen and oxygen atoms in total.